The number of carbonyl (C=O) groups is 1. The van der Waals surface area contributed by atoms with Gasteiger partial charge in [-0.15, -0.1) is 0 Å². The highest BCUT2D eigenvalue weighted by Crippen LogP contribution is 2.31. The minimum Gasteiger partial charge on any atom is -0.481 e. The highest BCUT2D eigenvalue weighted by atomic mass is 19.4. The van der Waals surface area contributed by atoms with E-state index in [1.807, 2.05) is 30.3 Å². The molecule has 0 radical (unpaired) electrons. The Morgan fingerprint density at radius 2 is 1.47 bits per heavy atom. The predicted octanol–water partition coefficient (Wildman–Crippen LogP) is 3.90. The molecule has 3 aromatic rings. The average molecular weight is 473 g/mol. The molecule has 2 unspecified atom stereocenters. The third-order valence-electron chi connectivity index (χ3n) is 5.44. The lowest BCUT2D eigenvalue weighted by Crippen LogP contribution is -2.40. The second kappa shape index (κ2) is 12.2. The number of alkyl halides is 3. The van der Waals surface area contributed by atoms with Gasteiger partial charge in [-0.05, 0) is 42.0 Å². The number of halogens is 3. The number of nitrogens with zero attached hydrogens (tertiary/aromatic N) is 2. The van der Waals surface area contributed by atoms with Crippen LogP contribution in [0.5, 0.6) is 0 Å². The Morgan fingerprint density at radius 1 is 0.882 bits per heavy atom. The molecule has 6 nitrogen and oxygen atoms in total. The smallest absolute Gasteiger partial charge is 0.416 e. The molecule has 1 aromatic carbocycles. The summed E-state index contributed by atoms with van der Waals surface area (Å²) >= 11 is 0. The molecule has 2 heterocycles. The van der Waals surface area contributed by atoms with Gasteiger partial charge in [-0.1, -0.05) is 24.3 Å². The average Bonchev–Trinajstić information content (AvgIpc) is 2.83. The van der Waals surface area contributed by atoms with E-state index in [-0.39, 0.29) is 6.54 Å². The van der Waals surface area contributed by atoms with Gasteiger partial charge in [0.25, 0.3) is 0 Å². The van der Waals surface area contributed by atoms with E-state index in [1.165, 1.54) is 12.1 Å². The zero-order valence-corrected chi connectivity index (χ0v) is 18.5. The molecular weight excluding hydrogens is 445 g/mol. The topological polar surface area (TPSA) is 87.1 Å². The molecule has 0 amide bonds. The summed E-state index contributed by atoms with van der Waals surface area (Å²) in [5.74, 6) is -1.94. The summed E-state index contributed by atoms with van der Waals surface area (Å²) in [5, 5.41) is 16.3. The summed E-state index contributed by atoms with van der Waals surface area (Å²) in [6.07, 6.45) is 0.0953. The van der Waals surface area contributed by atoms with Crippen LogP contribution in [0.2, 0.25) is 0 Å². The van der Waals surface area contributed by atoms with Gasteiger partial charge in [0.1, 0.15) is 0 Å². The fourth-order valence-electron chi connectivity index (χ4n) is 3.64. The van der Waals surface area contributed by atoms with Crippen LogP contribution in [0.3, 0.4) is 0 Å². The summed E-state index contributed by atoms with van der Waals surface area (Å²) in [7, 11) is 0. The Balaban J connectivity index is 1.71. The number of aliphatic carboxylic acids is 1. The SMILES string of the molecule is O=C(O)C(CNCCc1ccccn1)C(NCCc1ccccn1)c1ccc(C(F)(F)F)cc1. The van der Waals surface area contributed by atoms with Crippen molar-refractivity contribution in [2.24, 2.45) is 5.92 Å². The van der Waals surface area contributed by atoms with Crippen LogP contribution in [-0.4, -0.2) is 40.7 Å². The van der Waals surface area contributed by atoms with Gasteiger partial charge in [-0.3, -0.25) is 14.8 Å². The molecular formula is C25H27F3N4O2. The monoisotopic (exact) mass is 472 g/mol. The first-order chi connectivity index (χ1) is 16.3. The highest BCUT2D eigenvalue weighted by molar-refractivity contribution is 5.71. The molecule has 0 aliphatic rings. The third kappa shape index (κ3) is 7.64. The van der Waals surface area contributed by atoms with Crippen LogP contribution in [0.25, 0.3) is 0 Å². The first kappa shape index (κ1) is 25.3. The molecule has 0 fully saturated rings. The van der Waals surface area contributed by atoms with Crippen molar-refractivity contribution in [3.05, 3.63) is 95.6 Å². The molecule has 3 rings (SSSR count). The van der Waals surface area contributed by atoms with Crippen LogP contribution >= 0.6 is 0 Å². The first-order valence-electron chi connectivity index (χ1n) is 11.0. The molecule has 3 N–H and O–H groups in total. The first-order valence-corrected chi connectivity index (χ1v) is 11.0. The predicted molar refractivity (Wildman–Crippen MR) is 122 cm³/mol. The number of carboxylic acids is 1. The maximum atomic E-state index is 13.0. The zero-order chi connectivity index (χ0) is 24.4. The van der Waals surface area contributed by atoms with E-state index in [1.54, 1.807) is 18.5 Å². The fraction of sp³-hybridized carbons (Fsp3) is 0.320. The van der Waals surface area contributed by atoms with Gasteiger partial charge in [0.05, 0.1) is 11.5 Å². The van der Waals surface area contributed by atoms with Gasteiger partial charge < -0.3 is 15.7 Å². The molecule has 2 aromatic heterocycles. The Kier molecular flexibility index (Phi) is 9.12. The quantitative estimate of drug-likeness (QED) is 0.347. The third-order valence-corrected chi connectivity index (χ3v) is 5.44. The maximum Gasteiger partial charge on any atom is 0.416 e. The summed E-state index contributed by atoms with van der Waals surface area (Å²) in [4.78, 5) is 20.7. The molecule has 0 aliphatic heterocycles. The lowest BCUT2D eigenvalue weighted by Gasteiger charge is -2.26. The van der Waals surface area contributed by atoms with E-state index in [2.05, 4.69) is 20.6 Å². The number of carboxylic acid groups (broad SMARTS) is 1. The molecule has 0 spiro atoms. The minimum absolute atomic E-state index is 0.143. The summed E-state index contributed by atoms with van der Waals surface area (Å²) in [5.41, 5.74) is 1.42. The van der Waals surface area contributed by atoms with Crippen LogP contribution in [-0.2, 0) is 23.8 Å². The van der Waals surface area contributed by atoms with Crippen molar-refractivity contribution >= 4 is 5.97 Å². The van der Waals surface area contributed by atoms with E-state index in [4.69, 9.17) is 0 Å². The normalized spacial score (nSPS) is 13.4. The largest absolute Gasteiger partial charge is 0.481 e. The van der Waals surface area contributed by atoms with Crippen molar-refractivity contribution in [3.8, 4) is 0 Å². The Morgan fingerprint density at radius 3 is 1.97 bits per heavy atom. The van der Waals surface area contributed by atoms with Crippen LogP contribution < -0.4 is 10.6 Å². The van der Waals surface area contributed by atoms with Gasteiger partial charge in [0.15, 0.2) is 0 Å². The lowest BCUT2D eigenvalue weighted by atomic mass is 9.91. The van der Waals surface area contributed by atoms with Crippen LogP contribution in [0.1, 0.15) is 28.6 Å². The second-order valence-corrected chi connectivity index (χ2v) is 7.84. The van der Waals surface area contributed by atoms with Gasteiger partial charge >= 0.3 is 12.1 Å². The van der Waals surface area contributed by atoms with Gasteiger partial charge in [0, 0.05) is 62.3 Å². The van der Waals surface area contributed by atoms with E-state index >= 15 is 0 Å². The number of hydrogen-bond acceptors (Lipinski definition) is 5. The Bertz CT molecular complexity index is 1020. The van der Waals surface area contributed by atoms with Gasteiger partial charge in [-0.2, -0.15) is 13.2 Å². The molecule has 0 aliphatic carbocycles. The number of aromatic nitrogens is 2. The van der Waals surface area contributed by atoms with Crippen molar-refractivity contribution in [1.29, 1.82) is 0 Å². The van der Waals surface area contributed by atoms with Crippen molar-refractivity contribution in [2.75, 3.05) is 19.6 Å². The van der Waals surface area contributed by atoms with E-state index in [9.17, 15) is 23.1 Å². The van der Waals surface area contributed by atoms with E-state index in [0.29, 0.717) is 31.5 Å². The van der Waals surface area contributed by atoms with Crippen molar-refractivity contribution in [3.63, 3.8) is 0 Å². The van der Waals surface area contributed by atoms with Crippen molar-refractivity contribution in [2.45, 2.75) is 25.1 Å². The van der Waals surface area contributed by atoms with Crippen molar-refractivity contribution in [1.82, 2.24) is 20.6 Å². The number of pyridine rings is 2. The number of benzene rings is 1. The number of rotatable bonds is 12. The molecule has 0 saturated heterocycles. The van der Waals surface area contributed by atoms with Crippen molar-refractivity contribution < 1.29 is 23.1 Å². The standard InChI is InChI=1S/C25H27F3N4O2/c26-25(27,28)19-9-7-18(8-10-19)23(32-16-12-21-6-2-4-14-31-21)22(24(33)34)17-29-15-11-20-5-1-3-13-30-20/h1-10,13-14,22-23,29,32H,11-12,15-17H2,(H,33,34). The summed E-state index contributed by atoms with van der Waals surface area (Å²) < 4.78 is 39.0. The Hall–Kier alpha value is -3.30. The number of hydrogen-bond donors (Lipinski definition) is 3. The highest BCUT2D eigenvalue weighted by Gasteiger charge is 2.32. The molecule has 2 atom stereocenters. The Labute approximate surface area is 196 Å². The molecule has 34 heavy (non-hydrogen) atoms. The fourth-order valence-corrected chi connectivity index (χ4v) is 3.64. The van der Waals surface area contributed by atoms with E-state index < -0.39 is 29.7 Å². The molecule has 180 valence electrons. The molecule has 9 heteroatoms. The van der Waals surface area contributed by atoms with Crippen LogP contribution in [0.15, 0.2) is 73.1 Å². The molecule has 0 saturated carbocycles. The maximum absolute atomic E-state index is 13.0. The van der Waals surface area contributed by atoms with Crippen LogP contribution in [0, 0.1) is 5.92 Å². The van der Waals surface area contributed by atoms with Crippen LogP contribution in [0.4, 0.5) is 13.2 Å². The van der Waals surface area contributed by atoms with E-state index in [0.717, 1.165) is 23.5 Å². The second-order valence-electron chi connectivity index (χ2n) is 7.84. The van der Waals surface area contributed by atoms with Gasteiger partial charge in [0.2, 0.25) is 0 Å². The van der Waals surface area contributed by atoms with Gasteiger partial charge in [-0.25, -0.2) is 0 Å². The lowest BCUT2D eigenvalue weighted by molar-refractivity contribution is -0.143. The summed E-state index contributed by atoms with van der Waals surface area (Å²) in [6, 6.07) is 15.1. The molecule has 0 bridgehead atoms. The summed E-state index contributed by atoms with van der Waals surface area (Å²) in [6.45, 7) is 1.08. The zero-order valence-electron chi connectivity index (χ0n) is 18.5. The number of nitrogens with one attached hydrogen (secondary N) is 2. The minimum atomic E-state index is -4.46.